The molecule has 1 aliphatic rings. The third-order valence-corrected chi connectivity index (χ3v) is 5.78. The predicted octanol–water partition coefficient (Wildman–Crippen LogP) is 2.62. The van der Waals surface area contributed by atoms with E-state index in [4.69, 9.17) is 4.74 Å². The lowest BCUT2D eigenvalue weighted by atomic mass is 9.99. The van der Waals surface area contributed by atoms with Crippen LogP contribution in [0.25, 0.3) is 11.4 Å². The Morgan fingerprint density at radius 3 is 2.74 bits per heavy atom. The monoisotopic (exact) mass is 469 g/mol. The highest BCUT2D eigenvalue weighted by Crippen LogP contribution is 2.33. The SMILES string of the molecule is Cc1nc(-c2ccc(F)cc2)nn1CCC(C)(C)NCC(O)C1Oc2ccc(O)cc2NC1=O. The Bertz CT molecular complexity index is 1180. The van der Waals surface area contributed by atoms with Crippen molar-refractivity contribution in [3.05, 3.63) is 54.1 Å². The summed E-state index contributed by atoms with van der Waals surface area (Å²) in [5.41, 5.74) is 0.723. The van der Waals surface area contributed by atoms with Gasteiger partial charge >= 0.3 is 0 Å². The summed E-state index contributed by atoms with van der Waals surface area (Å²) < 4.78 is 20.6. The largest absolute Gasteiger partial charge is 0.508 e. The molecule has 0 aliphatic carbocycles. The molecule has 3 aromatic rings. The number of nitrogens with zero attached hydrogens (tertiary/aromatic N) is 3. The van der Waals surface area contributed by atoms with Crippen LogP contribution in [-0.2, 0) is 11.3 Å². The fraction of sp³-hybridized carbons (Fsp3) is 0.375. The van der Waals surface area contributed by atoms with Crippen molar-refractivity contribution >= 4 is 11.6 Å². The van der Waals surface area contributed by atoms with Crippen LogP contribution in [0.4, 0.5) is 10.1 Å². The zero-order valence-corrected chi connectivity index (χ0v) is 19.2. The molecule has 4 N–H and O–H groups in total. The van der Waals surface area contributed by atoms with Crippen LogP contribution in [0.5, 0.6) is 11.5 Å². The minimum absolute atomic E-state index is 0.0115. The minimum atomic E-state index is -1.08. The van der Waals surface area contributed by atoms with Crippen molar-refractivity contribution in [2.45, 2.75) is 51.5 Å². The fourth-order valence-corrected chi connectivity index (χ4v) is 3.68. The average Bonchev–Trinajstić information content (AvgIpc) is 3.16. The van der Waals surface area contributed by atoms with Gasteiger partial charge in [-0.2, -0.15) is 5.10 Å². The molecule has 34 heavy (non-hydrogen) atoms. The maximum atomic E-state index is 13.2. The van der Waals surface area contributed by atoms with Crippen molar-refractivity contribution in [1.82, 2.24) is 20.1 Å². The van der Waals surface area contributed by atoms with Crippen molar-refractivity contribution in [2.75, 3.05) is 11.9 Å². The summed E-state index contributed by atoms with van der Waals surface area (Å²) in [7, 11) is 0. The zero-order valence-electron chi connectivity index (χ0n) is 19.2. The van der Waals surface area contributed by atoms with E-state index in [9.17, 15) is 19.4 Å². The molecule has 10 heteroatoms. The number of hydrogen-bond donors (Lipinski definition) is 4. The van der Waals surface area contributed by atoms with E-state index < -0.39 is 18.1 Å². The Hall–Kier alpha value is -3.50. The van der Waals surface area contributed by atoms with Crippen molar-refractivity contribution in [1.29, 1.82) is 0 Å². The number of phenols is 1. The van der Waals surface area contributed by atoms with Crippen LogP contribution in [0.15, 0.2) is 42.5 Å². The number of aromatic hydroxyl groups is 1. The van der Waals surface area contributed by atoms with Crippen LogP contribution in [0.2, 0.25) is 0 Å². The van der Waals surface area contributed by atoms with E-state index in [2.05, 4.69) is 20.7 Å². The number of ether oxygens (including phenoxy) is 1. The molecule has 0 fully saturated rings. The summed E-state index contributed by atoms with van der Waals surface area (Å²) in [6.07, 6.45) is -1.48. The van der Waals surface area contributed by atoms with E-state index >= 15 is 0 Å². The second-order valence-corrected chi connectivity index (χ2v) is 9.00. The van der Waals surface area contributed by atoms with Crippen LogP contribution in [-0.4, -0.2) is 55.2 Å². The number of phenolic OH excluding ortho intramolecular Hbond substituents is 1. The second kappa shape index (κ2) is 9.40. The van der Waals surface area contributed by atoms with Gasteiger partial charge in [-0.1, -0.05) is 0 Å². The highest BCUT2D eigenvalue weighted by molar-refractivity contribution is 5.98. The first-order valence-corrected chi connectivity index (χ1v) is 11.0. The first-order valence-electron chi connectivity index (χ1n) is 11.0. The van der Waals surface area contributed by atoms with Crippen LogP contribution < -0.4 is 15.4 Å². The molecule has 4 rings (SSSR count). The maximum Gasteiger partial charge on any atom is 0.268 e. The number of aryl methyl sites for hydroxylation is 2. The Kier molecular flexibility index (Phi) is 6.54. The van der Waals surface area contributed by atoms with Crippen LogP contribution >= 0.6 is 0 Å². The quantitative estimate of drug-likeness (QED) is 0.400. The first-order chi connectivity index (χ1) is 16.1. The van der Waals surface area contributed by atoms with Gasteiger partial charge in [0.05, 0.1) is 5.69 Å². The Morgan fingerprint density at radius 2 is 2.00 bits per heavy atom. The molecule has 0 saturated heterocycles. The molecule has 0 spiro atoms. The topological polar surface area (TPSA) is 122 Å². The average molecular weight is 470 g/mol. The Labute approximate surface area is 196 Å². The number of benzene rings is 2. The summed E-state index contributed by atoms with van der Waals surface area (Å²) in [5.74, 6) is 0.892. The molecule has 2 heterocycles. The molecule has 2 atom stereocenters. The molecular weight excluding hydrogens is 441 g/mol. The zero-order chi connectivity index (χ0) is 24.5. The number of aromatic nitrogens is 3. The standard InChI is InChI=1S/C24H28FN5O4/c1-14-27-22(15-4-6-16(25)7-5-15)29-30(14)11-10-24(2,3)26-13-19(32)21-23(33)28-18-12-17(31)8-9-20(18)34-21/h4-9,12,19,21,26,31-32H,10-11,13H2,1-3H3,(H,28,33). The third-order valence-electron chi connectivity index (χ3n) is 5.78. The molecule has 2 unspecified atom stereocenters. The molecule has 1 aromatic heterocycles. The summed E-state index contributed by atoms with van der Waals surface area (Å²) >= 11 is 0. The van der Waals surface area contributed by atoms with Crippen molar-refractivity contribution in [3.63, 3.8) is 0 Å². The lowest BCUT2D eigenvalue weighted by Crippen LogP contribution is -2.52. The fourth-order valence-electron chi connectivity index (χ4n) is 3.68. The Morgan fingerprint density at radius 1 is 1.26 bits per heavy atom. The maximum absolute atomic E-state index is 13.2. The number of fused-ring (bicyclic) bond motifs is 1. The normalized spacial score (nSPS) is 16.5. The lowest BCUT2D eigenvalue weighted by Gasteiger charge is -2.32. The smallest absolute Gasteiger partial charge is 0.268 e. The predicted molar refractivity (Wildman–Crippen MR) is 124 cm³/mol. The number of rotatable bonds is 8. The number of amides is 1. The van der Waals surface area contributed by atoms with Gasteiger partial charge in [0.2, 0.25) is 6.10 Å². The van der Waals surface area contributed by atoms with E-state index in [1.807, 2.05) is 20.8 Å². The van der Waals surface area contributed by atoms with Gasteiger partial charge in [0.25, 0.3) is 5.91 Å². The highest BCUT2D eigenvalue weighted by Gasteiger charge is 2.34. The van der Waals surface area contributed by atoms with Crippen LogP contribution in [0.1, 0.15) is 26.1 Å². The van der Waals surface area contributed by atoms with E-state index in [-0.39, 0.29) is 23.7 Å². The van der Waals surface area contributed by atoms with Crippen molar-refractivity contribution in [3.8, 4) is 22.9 Å². The lowest BCUT2D eigenvalue weighted by molar-refractivity contribution is -0.128. The van der Waals surface area contributed by atoms with E-state index in [1.54, 1.807) is 22.9 Å². The molecule has 0 saturated carbocycles. The van der Waals surface area contributed by atoms with Gasteiger partial charge in [-0.15, -0.1) is 0 Å². The number of halogens is 1. The number of hydrogen-bond acceptors (Lipinski definition) is 7. The van der Waals surface area contributed by atoms with Gasteiger partial charge in [-0.05, 0) is 63.6 Å². The molecule has 1 aliphatic heterocycles. The number of carbonyl (C=O) groups is 1. The van der Waals surface area contributed by atoms with Gasteiger partial charge in [0.15, 0.2) is 5.82 Å². The van der Waals surface area contributed by atoms with E-state index in [1.165, 1.54) is 24.3 Å². The van der Waals surface area contributed by atoms with Gasteiger partial charge < -0.3 is 25.6 Å². The molecule has 9 nitrogen and oxygen atoms in total. The minimum Gasteiger partial charge on any atom is -0.508 e. The summed E-state index contributed by atoms with van der Waals surface area (Å²) in [6, 6.07) is 10.4. The van der Waals surface area contributed by atoms with Crippen LogP contribution in [0, 0.1) is 12.7 Å². The van der Waals surface area contributed by atoms with Crippen LogP contribution in [0.3, 0.4) is 0 Å². The van der Waals surface area contributed by atoms with Crippen molar-refractivity contribution < 1.29 is 24.1 Å². The van der Waals surface area contributed by atoms with Crippen molar-refractivity contribution in [2.24, 2.45) is 0 Å². The van der Waals surface area contributed by atoms with E-state index in [0.717, 1.165) is 11.4 Å². The summed E-state index contributed by atoms with van der Waals surface area (Å²) in [6.45, 7) is 6.56. The number of β-amino-alcohol motifs (C(OH)–C–C–N with tert-alkyl or cyclic N) is 1. The summed E-state index contributed by atoms with van der Waals surface area (Å²) in [4.78, 5) is 16.8. The molecule has 180 valence electrons. The summed E-state index contributed by atoms with van der Waals surface area (Å²) in [5, 5.41) is 30.6. The molecule has 0 bridgehead atoms. The van der Waals surface area contributed by atoms with Gasteiger partial charge in [-0.25, -0.2) is 14.1 Å². The molecule has 0 radical (unpaired) electrons. The third kappa shape index (κ3) is 5.35. The number of anilines is 1. The number of aliphatic hydroxyl groups excluding tert-OH is 1. The second-order valence-electron chi connectivity index (χ2n) is 9.00. The molecule has 2 aromatic carbocycles. The highest BCUT2D eigenvalue weighted by atomic mass is 19.1. The number of aliphatic hydroxyl groups is 1. The molecule has 1 amide bonds. The number of nitrogens with one attached hydrogen (secondary N) is 2. The Balaban J connectivity index is 1.33. The van der Waals surface area contributed by atoms with E-state index in [0.29, 0.717) is 30.2 Å². The number of carbonyl (C=O) groups excluding carboxylic acids is 1. The molecular formula is C24H28FN5O4. The first kappa shape index (κ1) is 23.7. The van der Waals surface area contributed by atoms with Gasteiger partial charge in [-0.3, -0.25) is 4.79 Å². The van der Waals surface area contributed by atoms with Gasteiger partial charge in [0.1, 0.15) is 29.2 Å². The van der Waals surface area contributed by atoms with Gasteiger partial charge in [0, 0.05) is 30.3 Å².